The third kappa shape index (κ3) is 6.28. The molecular weight excluding hydrogens is 577 g/mol. The number of benzene rings is 3. The fourth-order valence-electron chi connectivity index (χ4n) is 5.15. The second-order valence-electron chi connectivity index (χ2n) is 9.87. The number of hydrogen-bond donors (Lipinski definition) is 4. The molecular formula is C29H25Cl2NO9. The standard InChI is InChI=1S/C29H25Cl2NO9/c1-13(32-25(33)21-22(26(34)35)24(28(38)39)23(21)27(36)37)20(11-14-6-9-18(30)19(31)10-14)41-29(40)17-8-7-15-4-2-3-5-16(15)12-17/h2-10,12-13,20-24H,11H2,1H3,(H,32,33)(H,34,35)(H,36,37)(H,38,39)/t13-,20+,21?,22-,23+,24?/m0/s1. The molecule has 0 heterocycles. The second kappa shape index (κ2) is 12.2. The Morgan fingerprint density at radius 2 is 1.37 bits per heavy atom. The van der Waals surface area contributed by atoms with E-state index in [0.717, 1.165) is 10.8 Å². The van der Waals surface area contributed by atoms with Crippen molar-refractivity contribution in [2.75, 3.05) is 0 Å². The van der Waals surface area contributed by atoms with Crippen LogP contribution in [-0.2, 0) is 30.3 Å². The molecule has 1 fully saturated rings. The van der Waals surface area contributed by atoms with Crippen LogP contribution in [0.2, 0.25) is 10.0 Å². The molecule has 0 aromatic heterocycles. The van der Waals surface area contributed by atoms with Crippen LogP contribution in [0.4, 0.5) is 0 Å². The average Bonchev–Trinajstić information content (AvgIpc) is 2.88. The van der Waals surface area contributed by atoms with Gasteiger partial charge in [-0.3, -0.25) is 19.2 Å². The number of fused-ring (bicyclic) bond motifs is 1. The molecule has 3 aromatic rings. The van der Waals surface area contributed by atoms with Gasteiger partial charge < -0.3 is 25.4 Å². The van der Waals surface area contributed by atoms with Crippen molar-refractivity contribution in [2.45, 2.75) is 25.5 Å². The summed E-state index contributed by atoms with van der Waals surface area (Å²) >= 11 is 12.2. The summed E-state index contributed by atoms with van der Waals surface area (Å²) in [4.78, 5) is 61.5. The largest absolute Gasteiger partial charge is 0.481 e. The third-order valence-electron chi connectivity index (χ3n) is 7.30. The van der Waals surface area contributed by atoms with Gasteiger partial charge in [0.1, 0.15) is 6.10 Å². The highest BCUT2D eigenvalue weighted by Crippen LogP contribution is 2.47. The zero-order valence-electron chi connectivity index (χ0n) is 21.5. The van der Waals surface area contributed by atoms with Crippen molar-refractivity contribution in [1.29, 1.82) is 0 Å². The molecule has 6 atom stereocenters. The molecule has 4 N–H and O–H groups in total. The zero-order valence-corrected chi connectivity index (χ0v) is 23.0. The normalized spacial score (nSPS) is 21.2. The molecule has 1 saturated carbocycles. The first-order chi connectivity index (χ1) is 19.4. The quantitative estimate of drug-likeness (QED) is 0.249. The fourth-order valence-corrected chi connectivity index (χ4v) is 5.47. The Kier molecular flexibility index (Phi) is 8.84. The van der Waals surface area contributed by atoms with Crippen LogP contribution in [0.3, 0.4) is 0 Å². The Morgan fingerprint density at radius 1 is 0.780 bits per heavy atom. The molecule has 214 valence electrons. The molecule has 10 nitrogen and oxygen atoms in total. The number of nitrogens with one attached hydrogen (secondary N) is 1. The van der Waals surface area contributed by atoms with Crippen LogP contribution in [0, 0.1) is 23.7 Å². The molecule has 41 heavy (non-hydrogen) atoms. The molecule has 0 bridgehead atoms. The van der Waals surface area contributed by atoms with Gasteiger partial charge in [-0.25, -0.2) is 4.79 Å². The summed E-state index contributed by atoms with van der Waals surface area (Å²) in [5.41, 5.74) is 0.861. The molecule has 0 saturated heterocycles. The van der Waals surface area contributed by atoms with E-state index in [9.17, 15) is 39.3 Å². The number of carboxylic acid groups (broad SMARTS) is 3. The molecule has 12 heteroatoms. The van der Waals surface area contributed by atoms with Crippen LogP contribution in [0.25, 0.3) is 10.8 Å². The van der Waals surface area contributed by atoms with Gasteiger partial charge in [-0.15, -0.1) is 0 Å². The van der Waals surface area contributed by atoms with Crippen LogP contribution in [0.5, 0.6) is 0 Å². The monoisotopic (exact) mass is 601 g/mol. The molecule has 0 spiro atoms. The lowest BCUT2D eigenvalue weighted by atomic mass is 9.56. The minimum Gasteiger partial charge on any atom is -0.481 e. The Bertz CT molecular complexity index is 1520. The SMILES string of the molecule is C[C@H](NC(=O)C1[C@H](C(=O)O)C(C(=O)O)[C@@H]1C(=O)O)[C@@H](Cc1ccc(Cl)c(Cl)c1)OC(=O)c1ccc2ccccc2c1. The molecule has 0 radical (unpaired) electrons. The highest BCUT2D eigenvalue weighted by atomic mass is 35.5. The number of ether oxygens (including phenoxy) is 1. The van der Waals surface area contributed by atoms with Crippen molar-refractivity contribution in [3.8, 4) is 0 Å². The first-order valence-electron chi connectivity index (χ1n) is 12.5. The lowest BCUT2D eigenvalue weighted by Crippen LogP contribution is -2.63. The molecule has 4 rings (SSSR count). The molecule has 1 amide bonds. The van der Waals surface area contributed by atoms with Crippen molar-refractivity contribution >= 4 is 63.8 Å². The van der Waals surface area contributed by atoms with E-state index in [1.165, 1.54) is 6.92 Å². The number of carbonyl (C=O) groups is 5. The van der Waals surface area contributed by atoms with Crippen molar-refractivity contribution in [3.63, 3.8) is 0 Å². The number of aliphatic carboxylic acids is 3. The van der Waals surface area contributed by atoms with E-state index in [2.05, 4.69) is 5.32 Å². The van der Waals surface area contributed by atoms with Gasteiger partial charge in [-0.2, -0.15) is 0 Å². The Balaban J connectivity index is 1.59. The van der Waals surface area contributed by atoms with Crippen molar-refractivity contribution < 1.29 is 44.0 Å². The van der Waals surface area contributed by atoms with Gasteiger partial charge in [0.25, 0.3) is 0 Å². The summed E-state index contributed by atoms with van der Waals surface area (Å²) in [5.74, 6) is -13.4. The minimum absolute atomic E-state index is 0.0603. The predicted octanol–water partition coefficient (Wildman–Crippen LogP) is 4.15. The summed E-state index contributed by atoms with van der Waals surface area (Å²) in [5, 5.41) is 33.3. The van der Waals surface area contributed by atoms with Gasteiger partial charge in [0, 0.05) is 6.42 Å². The van der Waals surface area contributed by atoms with Crippen LogP contribution >= 0.6 is 23.2 Å². The zero-order chi connectivity index (χ0) is 30.0. The van der Waals surface area contributed by atoms with E-state index in [1.54, 1.807) is 36.4 Å². The van der Waals surface area contributed by atoms with Crippen LogP contribution in [-0.4, -0.2) is 57.2 Å². The Labute approximate surface area is 243 Å². The third-order valence-corrected chi connectivity index (χ3v) is 8.04. The van der Waals surface area contributed by atoms with Gasteiger partial charge in [-0.1, -0.05) is 59.6 Å². The molecule has 3 aromatic carbocycles. The smallest absolute Gasteiger partial charge is 0.338 e. The number of hydrogen-bond acceptors (Lipinski definition) is 6. The topological polar surface area (TPSA) is 167 Å². The van der Waals surface area contributed by atoms with E-state index in [4.69, 9.17) is 27.9 Å². The maximum atomic E-state index is 13.2. The highest BCUT2D eigenvalue weighted by Gasteiger charge is 2.64. The summed E-state index contributed by atoms with van der Waals surface area (Å²) < 4.78 is 5.81. The maximum absolute atomic E-state index is 13.2. The van der Waals surface area contributed by atoms with E-state index in [0.29, 0.717) is 10.6 Å². The van der Waals surface area contributed by atoms with Crippen molar-refractivity contribution in [2.24, 2.45) is 23.7 Å². The average molecular weight is 602 g/mol. The summed E-state index contributed by atoms with van der Waals surface area (Å²) in [7, 11) is 0. The molecule has 0 aliphatic heterocycles. The molecule has 1 aliphatic rings. The Hall–Kier alpha value is -4.15. The molecule has 2 unspecified atom stereocenters. The number of halogens is 2. The maximum Gasteiger partial charge on any atom is 0.338 e. The van der Waals surface area contributed by atoms with E-state index in [1.807, 2.05) is 24.3 Å². The van der Waals surface area contributed by atoms with Gasteiger partial charge in [0.15, 0.2) is 0 Å². The first kappa shape index (κ1) is 29.8. The van der Waals surface area contributed by atoms with Gasteiger partial charge in [0.2, 0.25) is 5.91 Å². The van der Waals surface area contributed by atoms with Gasteiger partial charge in [0.05, 0.1) is 45.3 Å². The number of carbonyl (C=O) groups excluding carboxylic acids is 2. The number of amides is 1. The lowest BCUT2D eigenvalue weighted by molar-refractivity contribution is -0.187. The summed E-state index contributed by atoms with van der Waals surface area (Å²) in [6, 6.07) is 16.3. The molecule has 1 aliphatic carbocycles. The van der Waals surface area contributed by atoms with Crippen molar-refractivity contribution in [3.05, 3.63) is 81.8 Å². The lowest BCUT2D eigenvalue weighted by Gasteiger charge is -2.44. The van der Waals surface area contributed by atoms with E-state index >= 15 is 0 Å². The van der Waals surface area contributed by atoms with Crippen LogP contribution in [0.15, 0.2) is 60.7 Å². The van der Waals surface area contributed by atoms with E-state index < -0.39 is 65.6 Å². The first-order valence-corrected chi connectivity index (χ1v) is 13.3. The van der Waals surface area contributed by atoms with E-state index in [-0.39, 0.29) is 17.0 Å². The van der Waals surface area contributed by atoms with Crippen LogP contribution in [0.1, 0.15) is 22.8 Å². The predicted molar refractivity (Wildman–Crippen MR) is 148 cm³/mol. The number of carboxylic acids is 3. The summed E-state index contributed by atoms with van der Waals surface area (Å²) in [6.07, 6.45) is -0.956. The fraction of sp³-hybridized carbons (Fsp3) is 0.276. The van der Waals surface area contributed by atoms with Gasteiger partial charge in [-0.05, 0) is 47.5 Å². The minimum atomic E-state index is -1.77. The second-order valence-corrected chi connectivity index (χ2v) is 10.7. The van der Waals surface area contributed by atoms with Crippen LogP contribution < -0.4 is 5.32 Å². The van der Waals surface area contributed by atoms with Gasteiger partial charge >= 0.3 is 23.9 Å². The Morgan fingerprint density at radius 3 is 1.95 bits per heavy atom. The number of rotatable bonds is 10. The van der Waals surface area contributed by atoms with Crippen molar-refractivity contribution in [1.82, 2.24) is 5.32 Å². The highest BCUT2D eigenvalue weighted by molar-refractivity contribution is 6.42. The summed E-state index contributed by atoms with van der Waals surface area (Å²) in [6.45, 7) is 1.51. The number of esters is 1.